The van der Waals surface area contributed by atoms with Gasteiger partial charge >= 0.3 is 5.97 Å². The molecule has 1 aliphatic rings. The number of ether oxygens (including phenoxy) is 1. The van der Waals surface area contributed by atoms with Crippen LogP contribution in [-0.4, -0.2) is 36.6 Å². The Labute approximate surface area is 159 Å². The summed E-state index contributed by atoms with van der Waals surface area (Å²) in [5, 5.41) is 11.2. The van der Waals surface area contributed by atoms with Gasteiger partial charge in [0.05, 0.1) is 6.42 Å². The van der Waals surface area contributed by atoms with Crippen molar-refractivity contribution in [1.82, 2.24) is 4.90 Å². The molecule has 0 aromatic heterocycles. The molecule has 138 valence electrons. The van der Waals surface area contributed by atoms with E-state index in [4.69, 9.17) is 4.74 Å². The van der Waals surface area contributed by atoms with Crippen LogP contribution in [0.4, 0.5) is 0 Å². The first kappa shape index (κ1) is 20.0. The molecule has 26 heavy (non-hydrogen) atoms. The lowest BCUT2D eigenvalue weighted by Crippen LogP contribution is -2.31. The van der Waals surface area contributed by atoms with E-state index in [2.05, 4.69) is 29.2 Å². The van der Waals surface area contributed by atoms with Crippen molar-refractivity contribution in [2.45, 2.75) is 19.4 Å². The van der Waals surface area contributed by atoms with Crippen molar-refractivity contribution in [2.24, 2.45) is 0 Å². The van der Waals surface area contributed by atoms with Crippen molar-refractivity contribution in [1.29, 1.82) is 0 Å². The first-order valence-electron chi connectivity index (χ1n) is 8.45. The molecule has 2 aromatic carbocycles. The number of fused-ring (bicyclic) bond motifs is 2. The molecule has 0 radical (unpaired) electrons. The van der Waals surface area contributed by atoms with E-state index in [1.807, 2.05) is 38.4 Å². The highest BCUT2D eigenvalue weighted by Gasteiger charge is 2.12. The number of benzene rings is 2. The van der Waals surface area contributed by atoms with E-state index in [0.717, 1.165) is 45.8 Å². The molecule has 0 atom stereocenters. The fraction of sp³-hybridized carbons (Fsp3) is 0.286. The fourth-order valence-electron chi connectivity index (χ4n) is 3.08. The molecule has 0 spiro atoms. The predicted molar refractivity (Wildman–Crippen MR) is 106 cm³/mol. The summed E-state index contributed by atoms with van der Waals surface area (Å²) in [5.41, 5.74) is 3.08. The van der Waals surface area contributed by atoms with Crippen molar-refractivity contribution in [2.75, 3.05) is 20.6 Å². The maximum Gasteiger partial charge on any atom is 0.307 e. The Morgan fingerprint density at radius 3 is 2.73 bits per heavy atom. The monoisotopic (exact) mass is 373 g/mol. The topological polar surface area (TPSA) is 49.8 Å². The zero-order valence-corrected chi connectivity index (χ0v) is 15.9. The molecule has 2 aromatic rings. The van der Waals surface area contributed by atoms with Gasteiger partial charge < -0.3 is 14.7 Å². The Balaban J connectivity index is 0.00000243. The van der Waals surface area contributed by atoms with Crippen LogP contribution in [0.15, 0.2) is 36.4 Å². The number of carbonyl (C=O) groups is 1. The van der Waals surface area contributed by atoms with Gasteiger partial charge in [0, 0.05) is 11.8 Å². The average Bonchev–Trinajstić information content (AvgIpc) is 2.75. The average molecular weight is 374 g/mol. The molecular formula is C21H24ClNO3. The second-order valence-corrected chi connectivity index (χ2v) is 6.55. The molecule has 0 fully saturated rings. The van der Waals surface area contributed by atoms with E-state index in [9.17, 15) is 9.90 Å². The largest absolute Gasteiger partial charge is 0.488 e. The van der Waals surface area contributed by atoms with Gasteiger partial charge in [0.15, 0.2) is 0 Å². The standard InChI is InChI=1S/C21H23NO3.ClH/c1-22(2)11-5-8-18-16(13-21(23)24)9-10-20-19(18)12-15-6-3-4-7-17(15)14-25-20;/h3-4,6-10,12H,5,11,13-14H2,1-2H3,(H,23,24);1H. The third-order valence-corrected chi connectivity index (χ3v) is 4.34. The Hall–Kier alpha value is -2.30. The summed E-state index contributed by atoms with van der Waals surface area (Å²) in [7, 11) is 4.06. The minimum Gasteiger partial charge on any atom is -0.488 e. The van der Waals surface area contributed by atoms with Gasteiger partial charge in [0.1, 0.15) is 12.4 Å². The molecule has 4 nitrogen and oxygen atoms in total. The number of hydrogen-bond donors (Lipinski definition) is 1. The van der Waals surface area contributed by atoms with Gasteiger partial charge in [-0.3, -0.25) is 4.79 Å². The van der Waals surface area contributed by atoms with Crippen LogP contribution in [0, 0.1) is 0 Å². The van der Waals surface area contributed by atoms with E-state index in [-0.39, 0.29) is 18.8 Å². The zero-order chi connectivity index (χ0) is 17.8. The molecule has 0 unspecified atom stereocenters. The van der Waals surface area contributed by atoms with Crippen LogP contribution >= 0.6 is 12.4 Å². The Morgan fingerprint density at radius 2 is 2.00 bits per heavy atom. The summed E-state index contributed by atoms with van der Waals surface area (Å²) in [6.45, 7) is 1.43. The first-order valence-corrected chi connectivity index (χ1v) is 8.45. The van der Waals surface area contributed by atoms with Crippen LogP contribution in [0.25, 0.3) is 12.2 Å². The van der Waals surface area contributed by atoms with Gasteiger partial charge in [-0.25, -0.2) is 0 Å². The number of hydrogen-bond acceptors (Lipinski definition) is 3. The smallest absolute Gasteiger partial charge is 0.307 e. The summed E-state index contributed by atoms with van der Waals surface area (Å²) in [5.74, 6) is -0.0152. The molecule has 0 saturated heterocycles. The quantitative estimate of drug-likeness (QED) is 0.872. The first-order chi connectivity index (χ1) is 12.0. The highest BCUT2D eigenvalue weighted by molar-refractivity contribution is 5.85. The molecule has 0 saturated carbocycles. The van der Waals surface area contributed by atoms with E-state index in [0.29, 0.717) is 6.61 Å². The predicted octanol–water partition coefficient (Wildman–Crippen LogP) is 2.19. The third-order valence-electron chi connectivity index (χ3n) is 4.34. The van der Waals surface area contributed by atoms with Gasteiger partial charge in [0.2, 0.25) is 0 Å². The highest BCUT2D eigenvalue weighted by Crippen LogP contribution is 2.17. The SMILES string of the molecule is CN(C)CCC=c1c(CC(=O)O)ccc2c1=Cc1ccccc1CO2.Cl. The van der Waals surface area contributed by atoms with Crippen LogP contribution in [0.5, 0.6) is 5.75 Å². The minimum atomic E-state index is -0.822. The maximum atomic E-state index is 11.3. The molecule has 0 bridgehead atoms. The maximum absolute atomic E-state index is 11.3. The van der Waals surface area contributed by atoms with Crippen molar-refractivity contribution >= 4 is 30.5 Å². The minimum absolute atomic E-state index is 0. The van der Waals surface area contributed by atoms with Crippen molar-refractivity contribution in [3.63, 3.8) is 0 Å². The van der Waals surface area contributed by atoms with Crippen LogP contribution in [0.3, 0.4) is 0 Å². The molecule has 3 rings (SSSR count). The summed E-state index contributed by atoms with van der Waals surface area (Å²) in [6.07, 6.45) is 5.11. The lowest BCUT2D eigenvalue weighted by molar-refractivity contribution is -0.136. The van der Waals surface area contributed by atoms with Crippen LogP contribution in [-0.2, 0) is 17.8 Å². The van der Waals surface area contributed by atoms with Crippen LogP contribution in [0.1, 0.15) is 23.1 Å². The molecule has 1 heterocycles. The number of aliphatic carboxylic acids is 1. The third kappa shape index (κ3) is 4.65. The number of nitrogens with zero attached hydrogens (tertiary/aromatic N) is 1. The van der Waals surface area contributed by atoms with E-state index < -0.39 is 5.97 Å². The molecule has 1 N–H and O–H groups in total. The number of carboxylic acid groups (broad SMARTS) is 1. The Kier molecular flexibility index (Phi) is 6.83. The van der Waals surface area contributed by atoms with Gasteiger partial charge in [-0.2, -0.15) is 0 Å². The number of halogens is 1. The van der Waals surface area contributed by atoms with Crippen LogP contribution < -0.4 is 15.2 Å². The molecular weight excluding hydrogens is 350 g/mol. The lowest BCUT2D eigenvalue weighted by Gasteiger charge is -2.09. The fourth-order valence-corrected chi connectivity index (χ4v) is 3.08. The molecule has 0 amide bonds. The second kappa shape index (κ2) is 8.88. The number of carboxylic acids is 1. The van der Waals surface area contributed by atoms with Crippen molar-refractivity contribution in [3.8, 4) is 5.75 Å². The van der Waals surface area contributed by atoms with Crippen molar-refractivity contribution in [3.05, 3.63) is 63.5 Å². The van der Waals surface area contributed by atoms with Gasteiger partial charge in [-0.1, -0.05) is 36.4 Å². The van der Waals surface area contributed by atoms with Gasteiger partial charge in [-0.05, 0) is 54.6 Å². The Morgan fingerprint density at radius 1 is 1.23 bits per heavy atom. The van der Waals surface area contributed by atoms with Crippen LogP contribution in [0.2, 0.25) is 0 Å². The van der Waals surface area contributed by atoms with Gasteiger partial charge in [0.25, 0.3) is 0 Å². The molecule has 5 heteroatoms. The zero-order valence-electron chi connectivity index (χ0n) is 15.1. The van der Waals surface area contributed by atoms with E-state index >= 15 is 0 Å². The summed E-state index contributed by atoms with van der Waals surface area (Å²) in [6, 6.07) is 11.9. The highest BCUT2D eigenvalue weighted by atomic mass is 35.5. The Bertz CT molecular complexity index is 906. The van der Waals surface area contributed by atoms with E-state index in [1.54, 1.807) is 0 Å². The van der Waals surface area contributed by atoms with Gasteiger partial charge in [-0.15, -0.1) is 12.4 Å². The lowest BCUT2D eigenvalue weighted by atomic mass is 10.0. The summed E-state index contributed by atoms with van der Waals surface area (Å²) >= 11 is 0. The number of rotatable bonds is 5. The summed E-state index contributed by atoms with van der Waals surface area (Å²) < 4.78 is 5.99. The van der Waals surface area contributed by atoms with E-state index in [1.165, 1.54) is 0 Å². The molecule has 1 aliphatic heterocycles. The summed E-state index contributed by atoms with van der Waals surface area (Å²) in [4.78, 5) is 13.4. The second-order valence-electron chi connectivity index (χ2n) is 6.55. The molecule has 0 aliphatic carbocycles. The van der Waals surface area contributed by atoms with Crippen molar-refractivity contribution < 1.29 is 14.6 Å². The normalized spacial score (nSPS) is 13.0.